The zero-order valence-corrected chi connectivity index (χ0v) is 15.6. The first kappa shape index (κ1) is 18.9. The highest BCUT2D eigenvalue weighted by molar-refractivity contribution is 5.13. The molecule has 0 unspecified atom stereocenters. The summed E-state index contributed by atoms with van der Waals surface area (Å²) in [5.74, 6) is 0.781. The van der Waals surface area contributed by atoms with Gasteiger partial charge in [-0.2, -0.15) is 0 Å². The fourth-order valence-corrected chi connectivity index (χ4v) is 6.62. The summed E-state index contributed by atoms with van der Waals surface area (Å²) in [7, 11) is 0. The molecular formula is C22H34O3. The van der Waals surface area contributed by atoms with Crippen molar-refractivity contribution in [1.29, 1.82) is 0 Å². The summed E-state index contributed by atoms with van der Waals surface area (Å²) >= 11 is 0. The molecule has 4 fully saturated rings. The van der Waals surface area contributed by atoms with E-state index in [4.69, 9.17) is 14.2 Å². The van der Waals surface area contributed by atoms with Crippen molar-refractivity contribution in [3.63, 3.8) is 0 Å². The van der Waals surface area contributed by atoms with Crippen molar-refractivity contribution in [2.24, 2.45) is 22.2 Å². The smallest absolute Gasteiger partial charge is 0.0645 e. The van der Waals surface area contributed by atoms with Crippen molar-refractivity contribution in [1.82, 2.24) is 0 Å². The minimum absolute atomic E-state index is 0.289. The molecule has 0 aliphatic heterocycles. The van der Waals surface area contributed by atoms with Crippen molar-refractivity contribution >= 4 is 0 Å². The predicted octanol–water partition coefficient (Wildman–Crippen LogP) is 4.55. The minimum Gasteiger partial charge on any atom is -0.377 e. The molecule has 3 heteroatoms. The Bertz CT molecular complexity index is 418. The van der Waals surface area contributed by atoms with Gasteiger partial charge in [-0.25, -0.2) is 0 Å². The van der Waals surface area contributed by atoms with Gasteiger partial charge in [-0.3, -0.25) is 0 Å². The average Bonchev–Trinajstić information content (AvgIpc) is 2.54. The average molecular weight is 347 g/mol. The highest BCUT2D eigenvalue weighted by Gasteiger charge is 2.63. The molecule has 0 aromatic heterocycles. The summed E-state index contributed by atoms with van der Waals surface area (Å²) in [5.41, 5.74) is 0.868. The van der Waals surface area contributed by atoms with Crippen LogP contribution in [0.25, 0.3) is 0 Å². The van der Waals surface area contributed by atoms with Crippen LogP contribution in [0.5, 0.6) is 0 Å². The largest absolute Gasteiger partial charge is 0.377 e. The van der Waals surface area contributed by atoms with E-state index < -0.39 is 0 Å². The second-order valence-corrected chi connectivity index (χ2v) is 8.92. The Morgan fingerprint density at radius 3 is 1.24 bits per heavy atom. The highest BCUT2D eigenvalue weighted by atomic mass is 16.5. The first-order chi connectivity index (χ1) is 12.1. The number of ether oxygens (including phenoxy) is 3. The van der Waals surface area contributed by atoms with E-state index >= 15 is 0 Å². The van der Waals surface area contributed by atoms with Crippen LogP contribution >= 0.6 is 0 Å². The Morgan fingerprint density at radius 2 is 0.960 bits per heavy atom. The molecule has 0 N–H and O–H groups in total. The monoisotopic (exact) mass is 346 g/mol. The van der Waals surface area contributed by atoms with Gasteiger partial charge in [0.05, 0.1) is 39.6 Å². The molecule has 0 heterocycles. The van der Waals surface area contributed by atoms with Gasteiger partial charge in [0, 0.05) is 0 Å². The summed E-state index contributed by atoms with van der Waals surface area (Å²) in [6.45, 7) is 15.8. The van der Waals surface area contributed by atoms with Crippen molar-refractivity contribution in [3.05, 3.63) is 38.0 Å². The SMILES string of the molecule is C=CCOCC12CC3CC(COCC=C)(C1)CC(COCC=C)(C3)C2. The lowest BCUT2D eigenvalue weighted by Crippen LogP contribution is -2.60. The van der Waals surface area contributed by atoms with Gasteiger partial charge < -0.3 is 14.2 Å². The summed E-state index contributed by atoms with van der Waals surface area (Å²) in [4.78, 5) is 0. The summed E-state index contributed by atoms with van der Waals surface area (Å²) in [6, 6.07) is 0. The van der Waals surface area contributed by atoms with Gasteiger partial charge in [0.2, 0.25) is 0 Å². The van der Waals surface area contributed by atoms with E-state index in [2.05, 4.69) is 19.7 Å². The van der Waals surface area contributed by atoms with E-state index in [1.807, 2.05) is 18.2 Å². The van der Waals surface area contributed by atoms with Crippen LogP contribution in [0.1, 0.15) is 38.5 Å². The molecule has 4 saturated carbocycles. The lowest BCUT2D eigenvalue weighted by molar-refractivity contribution is -0.207. The second kappa shape index (κ2) is 7.77. The predicted molar refractivity (Wildman–Crippen MR) is 102 cm³/mol. The molecule has 4 aliphatic rings. The van der Waals surface area contributed by atoms with E-state index in [0.717, 1.165) is 25.7 Å². The maximum atomic E-state index is 5.98. The van der Waals surface area contributed by atoms with E-state index in [9.17, 15) is 0 Å². The van der Waals surface area contributed by atoms with E-state index in [-0.39, 0.29) is 16.2 Å². The first-order valence-electron chi connectivity index (χ1n) is 9.65. The molecule has 4 rings (SSSR count). The molecule has 0 amide bonds. The summed E-state index contributed by atoms with van der Waals surface area (Å²) in [5, 5.41) is 0. The van der Waals surface area contributed by atoms with Crippen LogP contribution in [-0.4, -0.2) is 39.6 Å². The highest BCUT2D eigenvalue weighted by Crippen LogP contribution is 2.69. The van der Waals surface area contributed by atoms with Crippen LogP contribution in [0.2, 0.25) is 0 Å². The van der Waals surface area contributed by atoms with E-state index in [1.54, 1.807) is 0 Å². The van der Waals surface area contributed by atoms with Crippen LogP contribution in [0.4, 0.5) is 0 Å². The topological polar surface area (TPSA) is 27.7 Å². The molecule has 3 nitrogen and oxygen atoms in total. The maximum absolute atomic E-state index is 5.98. The van der Waals surface area contributed by atoms with Crippen LogP contribution in [-0.2, 0) is 14.2 Å². The fraction of sp³-hybridized carbons (Fsp3) is 0.727. The lowest BCUT2D eigenvalue weighted by Gasteiger charge is -2.66. The quantitative estimate of drug-likeness (QED) is 0.383. The zero-order valence-electron chi connectivity index (χ0n) is 15.6. The van der Waals surface area contributed by atoms with Crippen LogP contribution in [0.15, 0.2) is 38.0 Å². The van der Waals surface area contributed by atoms with Gasteiger partial charge in [0.25, 0.3) is 0 Å². The number of hydrogen-bond donors (Lipinski definition) is 0. The third-order valence-corrected chi connectivity index (χ3v) is 6.35. The van der Waals surface area contributed by atoms with Gasteiger partial charge in [-0.05, 0) is 60.7 Å². The Balaban J connectivity index is 1.77. The molecule has 4 bridgehead atoms. The van der Waals surface area contributed by atoms with Gasteiger partial charge >= 0.3 is 0 Å². The van der Waals surface area contributed by atoms with Crippen LogP contribution < -0.4 is 0 Å². The lowest BCUT2D eigenvalue weighted by atomic mass is 9.40. The van der Waals surface area contributed by atoms with Gasteiger partial charge in [0.1, 0.15) is 0 Å². The molecule has 0 spiro atoms. The molecule has 0 saturated heterocycles. The van der Waals surface area contributed by atoms with Crippen molar-refractivity contribution in [3.8, 4) is 0 Å². The first-order valence-corrected chi connectivity index (χ1v) is 9.65. The van der Waals surface area contributed by atoms with Crippen molar-refractivity contribution in [2.45, 2.75) is 38.5 Å². The molecule has 140 valence electrons. The molecule has 0 aromatic rings. The van der Waals surface area contributed by atoms with Gasteiger partial charge in [0.15, 0.2) is 0 Å². The standard InChI is InChI=1S/C22H34O3/c1-4-7-23-16-20-10-19-11-21(13-20,17-24-8-5-2)15-22(12-19,14-20)18-25-9-6-3/h4-6,19H,1-3,7-18H2. The molecule has 0 aromatic carbocycles. The summed E-state index contributed by atoms with van der Waals surface area (Å²) in [6.07, 6.45) is 13.2. The fourth-order valence-electron chi connectivity index (χ4n) is 6.62. The van der Waals surface area contributed by atoms with E-state index in [1.165, 1.54) is 38.5 Å². The Labute approximate surface area is 153 Å². The molecule has 4 aliphatic carbocycles. The number of rotatable bonds is 12. The molecule has 0 atom stereocenters. The number of hydrogen-bond acceptors (Lipinski definition) is 3. The van der Waals surface area contributed by atoms with Gasteiger partial charge in [-0.1, -0.05) is 18.2 Å². The zero-order chi connectivity index (χ0) is 17.8. The Kier molecular flexibility index (Phi) is 5.87. The molecule has 0 radical (unpaired) electrons. The Morgan fingerprint density at radius 1 is 0.640 bits per heavy atom. The molecular weight excluding hydrogens is 312 g/mol. The minimum atomic E-state index is 0.289. The van der Waals surface area contributed by atoms with Crippen LogP contribution in [0, 0.1) is 22.2 Å². The summed E-state index contributed by atoms with van der Waals surface area (Å²) < 4.78 is 17.9. The van der Waals surface area contributed by atoms with Gasteiger partial charge in [-0.15, -0.1) is 19.7 Å². The third-order valence-electron chi connectivity index (χ3n) is 6.35. The second-order valence-electron chi connectivity index (χ2n) is 8.92. The van der Waals surface area contributed by atoms with Crippen molar-refractivity contribution < 1.29 is 14.2 Å². The van der Waals surface area contributed by atoms with Crippen LogP contribution in [0.3, 0.4) is 0 Å². The molecule has 25 heavy (non-hydrogen) atoms. The normalized spacial score (nSPS) is 38.6. The maximum Gasteiger partial charge on any atom is 0.0645 e. The third kappa shape index (κ3) is 4.10. The van der Waals surface area contributed by atoms with E-state index in [0.29, 0.717) is 19.8 Å². The van der Waals surface area contributed by atoms with Crippen molar-refractivity contribution in [2.75, 3.05) is 39.6 Å². The Hall–Kier alpha value is -0.900.